The molecular weight excluding hydrogens is 407 g/mol. The second-order valence-corrected chi connectivity index (χ2v) is 7.81. The first kappa shape index (κ1) is 18.9. The summed E-state index contributed by atoms with van der Waals surface area (Å²) in [5, 5.41) is 5.67. The molecule has 0 unspecified atom stereocenters. The molecule has 0 amide bonds. The topological polar surface area (TPSA) is 66.0 Å². The lowest BCUT2D eigenvalue weighted by Gasteiger charge is -2.07. The third-order valence-electron chi connectivity index (χ3n) is 5.77. The van der Waals surface area contributed by atoms with E-state index in [2.05, 4.69) is 9.97 Å². The van der Waals surface area contributed by atoms with Gasteiger partial charge in [-0.15, -0.1) is 0 Å². The van der Waals surface area contributed by atoms with Gasteiger partial charge in [0.1, 0.15) is 23.6 Å². The number of benzene rings is 2. The third-order valence-corrected chi connectivity index (χ3v) is 5.77. The quantitative estimate of drug-likeness (QED) is 0.379. The SMILES string of the molecule is Fc1ccc(-c2nn([C@@H]3CCOC3)cc2-c2ncnc3oc(-c4ccccc4)cc23)cc1. The monoisotopic (exact) mass is 426 g/mol. The molecule has 1 fully saturated rings. The van der Waals surface area contributed by atoms with E-state index in [0.29, 0.717) is 18.9 Å². The van der Waals surface area contributed by atoms with Crippen LogP contribution in [0.3, 0.4) is 0 Å². The van der Waals surface area contributed by atoms with E-state index in [9.17, 15) is 4.39 Å². The van der Waals surface area contributed by atoms with E-state index in [4.69, 9.17) is 14.3 Å². The molecule has 7 heteroatoms. The average molecular weight is 426 g/mol. The second kappa shape index (κ2) is 7.69. The van der Waals surface area contributed by atoms with E-state index >= 15 is 0 Å². The van der Waals surface area contributed by atoms with Crippen LogP contribution in [0.4, 0.5) is 4.39 Å². The lowest BCUT2D eigenvalue weighted by Crippen LogP contribution is -2.08. The van der Waals surface area contributed by atoms with Crippen molar-refractivity contribution in [1.29, 1.82) is 0 Å². The second-order valence-electron chi connectivity index (χ2n) is 7.81. The van der Waals surface area contributed by atoms with E-state index in [0.717, 1.165) is 45.6 Å². The molecule has 1 saturated heterocycles. The molecule has 1 aliphatic heterocycles. The lowest BCUT2D eigenvalue weighted by molar-refractivity contribution is 0.184. The van der Waals surface area contributed by atoms with Gasteiger partial charge in [-0.25, -0.2) is 14.4 Å². The summed E-state index contributed by atoms with van der Waals surface area (Å²) in [6, 6.07) is 18.4. The number of aromatic nitrogens is 4. The molecule has 2 aromatic carbocycles. The first-order chi connectivity index (χ1) is 15.8. The van der Waals surface area contributed by atoms with E-state index in [-0.39, 0.29) is 11.9 Å². The molecule has 6 nitrogen and oxygen atoms in total. The van der Waals surface area contributed by atoms with Crippen molar-refractivity contribution in [3.05, 3.63) is 79.0 Å². The van der Waals surface area contributed by atoms with Crippen molar-refractivity contribution >= 4 is 11.1 Å². The Bertz CT molecular complexity index is 1390. The molecule has 0 aliphatic carbocycles. The van der Waals surface area contributed by atoms with Crippen LogP contribution in [0, 0.1) is 5.82 Å². The fraction of sp³-hybridized carbons (Fsp3) is 0.160. The fourth-order valence-electron chi connectivity index (χ4n) is 4.12. The summed E-state index contributed by atoms with van der Waals surface area (Å²) in [5.74, 6) is 0.438. The summed E-state index contributed by atoms with van der Waals surface area (Å²) in [5.41, 5.74) is 4.60. The molecule has 0 bridgehead atoms. The molecule has 0 saturated carbocycles. The van der Waals surface area contributed by atoms with Crippen molar-refractivity contribution in [2.75, 3.05) is 13.2 Å². The van der Waals surface area contributed by atoms with Crippen LogP contribution in [0.1, 0.15) is 12.5 Å². The zero-order chi connectivity index (χ0) is 21.5. The average Bonchev–Trinajstić information content (AvgIpc) is 3.59. The molecule has 1 atom stereocenters. The Kier molecular flexibility index (Phi) is 4.54. The van der Waals surface area contributed by atoms with Gasteiger partial charge < -0.3 is 9.15 Å². The predicted molar refractivity (Wildman–Crippen MR) is 118 cm³/mol. The number of halogens is 1. The highest BCUT2D eigenvalue weighted by Crippen LogP contribution is 2.37. The van der Waals surface area contributed by atoms with Gasteiger partial charge >= 0.3 is 0 Å². The van der Waals surface area contributed by atoms with Gasteiger partial charge in [0.2, 0.25) is 5.71 Å². The van der Waals surface area contributed by atoms with Gasteiger partial charge in [0.15, 0.2) is 0 Å². The number of nitrogens with zero attached hydrogens (tertiary/aromatic N) is 4. The van der Waals surface area contributed by atoms with Crippen LogP contribution >= 0.6 is 0 Å². The molecule has 5 aromatic rings. The minimum Gasteiger partial charge on any atom is -0.438 e. The van der Waals surface area contributed by atoms with Crippen molar-refractivity contribution in [3.63, 3.8) is 0 Å². The molecule has 0 N–H and O–H groups in total. The largest absolute Gasteiger partial charge is 0.438 e. The van der Waals surface area contributed by atoms with Crippen LogP contribution in [0.2, 0.25) is 0 Å². The Morgan fingerprint density at radius 1 is 0.938 bits per heavy atom. The van der Waals surface area contributed by atoms with E-state index < -0.39 is 0 Å². The fourth-order valence-corrected chi connectivity index (χ4v) is 4.12. The predicted octanol–water partition coefficient (Wildman–Crippen LogP) is 5.52. The van der Waals surface area contributed by atoms with Crippen molar-refractivity contribution in [1.82, 2.24) is 19.7 Å². The maximum atomic E-state index is 13.6. The van der Waals surface area contributed by atoms with Gasteiger partial charge in [-0.3, -0.25) is 4.68 Å². The Balaban J connectivity index is 1.54. The molecule has 0 spiro atoms. The molecule has 32 heavy (non-hydrogen) atoms. The van der Waals surface area contributed by atoms with Gasteiger partial charge in [0.25, 0.3) is 0 Å². The molecule has 158 valence electrons. The summed E-state index contributed by atoms with van der Waals surface area (Å²) in [4.78, 5) is 8.94. The van der Waals surface area contributed by atoms with E-state index in [1.165, 1.54) is 18.5 Å². The Morgan fingerprint density at radius 3 is 2.56 bits per heavy atom. The van der Waals surface area contributed by atoms with Crippen LogP contribution in [0.5, 0.6) is 0 Å². The zero-order valence-electron chi connectivity index (χ0n) is 17.1. The summed E-state index contributed by atoms with van der Waals surface area (Å²) in [6.07, 6.45) is 4.39. The maximum Gasteiger partial charge on any atom is 0.230 e. The molecular formula is C25H19FN4O2. The van der Waals surface area contributed by atoms with Gasteiger partial charge in [-0.1, -0.05) is 30.3 Å². The molecule has 3 aromatic heterocycles. The number of hydrogen-bond acceptors (Lipinski definition) is 5. The van der Waals surface area contributed by atoms with Gasteiger partial charge in [0.05, 0.1) is 23.7 Å². The van der Waals surface area contributed by atoms with E-state index in [1.807, 2.05) is 47.3 Å². The van der Waals surface area contributed by atoms with Crippen molar-refractivity contribution in [2.45, 2.75) is 12.5 Å². The van der Waals surface area contributed by atoms with Crippen LogP contribution in [-0.2, 0) is 4.74 Å². The minimum absolute atomic E-state index is 0.157. The highest BCUT2D eigenvalue weighted by molar-refractivity contribution is 5.95. The molecule has 0 radical (unpaired) electrons. The van der Waals surface area contributed by atoms with Crippen molar-refractivity contribution in [2.24, 2.45) is 0 Å². The number of rotatable bonds is 4. The van der Waals surface area contributed by atoms with Gasteiger partial charge in [-0.05, 0) is 36.8 Å². The lowest BCUT2D eigenvalue weighted by atomic mass is 10.0. The normalized spacial score (nSPS) is 16.1. The van der Waals surface area contributed by atoms with Crippen LogP contribution in [0.15, 0.2) is 77.6 Å². The van der Waals surface area contributed by atoms with Gasteiger partial charge in [-0.2, -0.15) is 5.10 Å². The highest BCUT2D eigenvalue weighted by atomic mass is 19.1. The standard InChI is InChI=1S/C25H19FN4O2/c26-18-8-6-17(7-9-18)23-21(13-30(29-23)19-10-11-31-14-19)24-20-12-22(16-4-2-1-3-5-16)32-25(20)28-15-27-24/h1-9,12-13,15,19H,10-11,14H2/t19-/m1/s1. The zero-order valence-corrected chi connectivity index (χ0v) is 17.1. The third kappa shape index (κ3) is 3.27. The number of ether oxygens (including phenoxy) is 1. The Hall–Kier alpha value is -3.84. The summed E-state index contributed by atoms with van der Waals surface area (Å²) in [7, 11) is 0. The number of furan rings is 1. The smallest absolute Gasteiger partial charge is 0.230 e. The summed E-state index contributed by atoms with van der Waals surface area (Å²) < 4.78 is 27.1. The molecule has 4 heterocycles. The minimum atomic E-state index is -0.286. The van der Waals surface area contributed by atoms with Crippen LogP contribution in [0.25, 0.3) is 44.9 Å². The maximum absolute atomic E-state index is 13.6. The van der Waals surface area contributed by atoms with Crippen LogP contribution in [-0.4, -0.2) is 33.0 Å². The van der Waals surface area contributed by atoms with Crippen molar-refractivity contribution in [3.8, 4) is 33.8 Å². The van der Waals surface area contributed by atoms with Crippen molar-refractivity contribution < 1.29 is 13.5 Å². The number of hydrogen-bond donors (Lipinski definition) is 0. The van der Waals surface area contributed by atoms with E-state index in [1.54, 1.807) is 12.1 Å². The highest BCUT2D eigenvalue weighted by Gasteiger charge is 2.24. The van der Waals surface area contributed by atoms with Crippen LogP contribution < -0.4 is 0 Å². The Labute approximate surface area is 183 Å². The summed E-state index contributed by atoms with van der Waals surface area (Å²) >= 11 is 0. The summed E-state index contributed by atoms with van der Waals surface area (Å²) in [6.45, 7) is 1.33. The number of fused-ring (bicyclic) bond motifs is 1. The molecule has 1 aliphatic rings. The first-order valence-corrected chi connectivity index (χ1v) is 10.5. The Morgan fingerprint density at radius 2 is 1.78 bits per heavy atom. The molecule has 6 rings (SSSR count). The van der Waals surface area contributed by atoms with Gasteiger partial charge in [0, 0.05) is 29.5 Å². The first-order valence-electron chi connectivity index (χ1n) is 10.5.